The van der Waals surface area contributed by atoms with Gasteiger partial charge in [0, 0.05) is 17.9 Å². The van der Waals surface area contributed by atoms with Gasteiger partial charge in [0.1, 0.15) is 5.82 Å². The van der Waals surface area contributed by atoms with Gasteiger partial charge in [-0.05, 0) is 41.8 Å². The molecule has 0 fully saturated rings. The van der Waals surface area contributed by atoms with Crippen molar-refractivity contribution in [3.05, 3.63) is 70.5 Å². The Bertz CT molecular complexity index is 756. The lowest BCUT2D eigenvalue weighted by atomic mass is 9.98. The molecule has 0 bridgehead atoms. The summed E-state index contributed by atoms with van der Waals surface area (Å²) in [4.78, 5) is 12.5. The summed E-state index contributed by atoms with van der Waals surface area (Å²) in [6, 6.07) is 13.5. The second-order valence-electron chi connectivity index (χ2n) is 5.81. The topological polar surface area (TPSA) is 32.7 Å². The van der Waals surface area contributed by atoms with E-state index < -0.39 is 0 Å². The first-order valence-corrected chi connectivity index (χ1v) is 8.37. The van der Waals surface area contributed by atoms with E-state index >= 15 is 0 Å². The second kappa shape index (κ2) is 7.14. The van der Waals surface area contributed by atoms with Crippen LogP contribution in [-0.2, 0) is 4.79 Å². The van der Waals surface area contributed by atoms with Crippen molar-refractivity contribution in [3.8, 4) is 0 Å². The first-order chi connectivity index (χ1) is 11.6. The maximum absolute atomic E-state index is 13.1. The Morgan fingerprint density at radius 3 is 2.50 bits per heavy atom. The Labute approximate surface area is 145 Å². The van der Waals surface area contributed by atoms with Crippen LogP contribution >= 0.6 is 11.6 Å². The molecule has 0 aromatic heterocycles. The van der Waals surface area contributed by atoms with Crippen LogP contribution in [0.15, 0.2) is 53.6 Å². The van der Waals surface area contributed by atoms with Gasteiger partial charge < -0.3 is 0 Å². The summed E-state index contributed by atoms with van der Waals surface area (Å²) in [7, 11) is 0. The van der Waals surface area contributed by atoms with Crippen LogP contribution in [0.3, 0.4) is 0 Å². The van der Waals surface area contributed by atoms with Gasteiger partial charge in [-0.3, -0.25) is 4.79 Å². The summed E-state index contributed by atoms with van der Waals surface area (Å²) in [5, 5.41) is 6.75. The highest BCUT2D eigenvalue weighted by atomic mass is 35.5. The highest BCUT2D eigenvalue weighted by Crippen LogP contribution is 2.33. The van der Waals surface area contributed by atoms with Crippen LogP contribution in [-0.4, -0.2) is 16.6 Å². The Kier molecular flexibility index (Phi) is 4.95. The number of halogens is 2. The van der Waals surface area contributed by atoms with Crippen molar-refractivity contribution in [2.45, 2.75) is 32.2 Å². The first-order valence-electron chi connectivity index (χ1n) is 7.99. The van der Waals surface area contributed by atoms with Crippen LogP contribution in [0.4, 0.5) is 4.39 Å². The summed E-state index contributed by atoms with van der Waals surface area (Å²) in [6.45, 7) is 1.97. The summed E-state index contributed by atoms with van der Waals surface area (Å²) in [5.41, 5.74) is 2.62. The molecule has 0 saturated heterocycles. The van der Waals surface area contributed by atoms with Crippen molar-refractivity contribution >= 4 is 23.2 Å². The van der Waals surface area contributed by atoms with Gasteiger partial charge in [0.25, 0.3) is 0 Å². The predicted octanol–water partition coefficient (Wildman–Crippen LogP) is 4.96. The van der Waals surface area contributed by atoms with Crippen LogP contribution in [0.1, 0.15) is 43.4 Å². The SMILES string of the molecule is CCCC(=O)N1N=C(c2ccc(F)cc2)CC1c1ccc(Cl)cc1. The van der Waals surface area contributed by atoms with Crippen molar-refractivity contribution < 1.29 is 9.18 Å². The minimum Gasteiger partial charge on any atom is -0.273 e. The van der Waals surface area contributed by atoms with E-state index in [1.807, 2.05) is 31.2 Å². The summed E-state index contributed by atoms with van der Waals surface area (Å²) < 4.78 is 13.1. The Morgan fingerprint density at radius 2 is 1.88 bits per heavy atom. The molecule has 124 valence electrons. The molecule has 0 saturated carbocycles. The fraction of sp³-hybridized carbons (Fsp3) is 0.263. The van der Waals surface area contributed by atoms with E-state index in [0.29, 0.717) is 17.9 Å². The number of carbonyl (C=O) groups excluding carboxylic acids is 1. The van der Waals surface area contributed by atoms with Gasteiger partial charge >= 0.3 is 0 Å². The molecule has 0 spiro atoms. The van der Waals surface area contributed by atoms with Crippen LogP contribution < -0.4 is 0 Å². The van der Waals surface area contributed by atoms with Crippen molar-refractivity contribution in [2.24, 2.45) is 5.10 Å². The number of rotatable bonds is 4. The van der Waals surface area contributed by atoms with Crippen molar-refractivity contribution in [3.63, 3.8) is 0 Å². The molecule has 3 nitrogen and oxygen atoms in total. The zero-order valence-electron chi connectivity index (χ0n) is 13.4. The molecule has 1 aliphatic rings. The zero-order chi connectivity index (χ0) is 17.1. The number of carbonyl (C=O) groups is 1. The van der Waals surface area contributed by atoms with E-state index in [4.69, 9.17) is 11.6 Å². The van der Waals surface area contributed by atoms with E-state index in [1.165, 1.54) is 12.1 Å². The van der Waals surface area contributed by atoms with Gasteiger partial charge in [-0.15, -0.1) is 0 Å². The molecule has 24 heavy (non-hydrogen) atoms. The molecule has 2 aromatic rings. The molecule has 1 amide bonds. The minimum absolute atomic E-state index is 0.00504. The van der Waals surface area contributed by atoms with Crippen LogP contribution in [0.5, 0.6) is 0 Å². The summed E-state index contributed by atoms with van der Waals surface area (Å²) in [5.74, 6) is -0.292. The largest absolute Gasteiger partial charge is 0.273 e. The Morgan fingerprint density at radius 1 is 1.21 bits per heavy atom. The standard InChI is InChI=1S/C19H18ClFN2O/c1-2-3-19(24)23-18(14-4-8-15(20)9-5-14)12-17(22-23)13-6-10-16(21)11-7-13/h4-11,18H,2-3,12H2,1H3. The molecule has 0 aliphatic carbocycles. The molecule has 5 heteroatoms. The highest BCUT2D eigenvalue weighted by molar-refractivity contribution is 6.30. The molecule has 0 radical (unpaired) electrons. The Hall–Kier alpha value is -2.20. The lowest BCUT2D eigenvalue weighted by molar-refractivity contribution is -0.133. The third-order valence-corrected chi connectivity index (χ3v) is 4.31. The van der Waals surface area contributed by atoms with E-state index in [0.717, 1.165) is 23.3 Å². The third kappa shape index (κ3) is 3.49. The molecule has 2 aromatic carbocycles. The quantitative estimate of drug-likeness (QED) is 0.771. The first kappa shape index (κ1) is 16.7. The molecule has 1 unspecified atom stereocenters. The van der Waals surface area contributed by atoms with Gasteiger partial charge in [0.2, 0.25) is 5.91 Å². The van der Waals surface area contributed by atoms with Gasteiger partial charge in [-0.1, -0.05) is 42.8 Å². The highest BCUT2D eigenvalue weighted by Gasteiger charge is 2.32. The molecule has 3 rings (SSSR count). The van der Waals surface area contributed by atoms with Crippen molar-refractivity contribution in [1.82, 2.24) is 5.01 Å². The number of amides is 1. The molecule has 1 aliphatic heterocycles. The predicted molar refractivity (Wildman–Crippen MR) is 93.5 cm³/mol. The second-order valence-corrected chi connectivity index (χ2v) is 6.25. The fourth-order valence-electron chi connectivity index (χ4n) is 2.83. The van der Waals surface area contributed by atoms with Gasteiger partial charge in [-0.2, -0.15) is 5.10 Å². The number of hydrazone groups is 1. The number of hydrogen-bond donors (Lipinski definition) is 0. The summed E-state index contributed by atoms with van der Waals surface area (Å²) >= 11 is 5.96. The summed E-state index contributed by atoms with van der Waals surface area (Å²) in [6.07, 6.45) is 1.82. The maximum atomic E-state index is 13.1. The number of hydrogen-bond acceptors (Lipinski definition) is 2. The molecule has 0 N–H and O–H groups in total. The lowest BCUT2D eigenvalue weighted by Crippen LogP contribution is -2.26. The molecule has 1 atom stereocenters. The van der Waals surface area contributed by atoms with Crippen molar-refractivity contribution in [2.75, 3.05) is 0 Å². The van der Waals surface area contributed by atoms with Gasteiger partial charge in [0.05, 0.1) is 11.8 Å². The fourth-order valence-corrected chi connectivity index (χ4v) is 2.96. The average molecular weight is 345 g/mol. The van der Waals surface area contributed by atoms with E-state index in [-0.39, 0.29) is 17.8 Å². The molecular weight excluding hydrogens is 327 g/mol. The van der Waals surface area contributed by atoms with E-state index in [9.17, 15) is 9.18 Å². The monoisotopic (exact) mass is 344 g/mol. The molecule has 1 heterocycles. The number of nitrogens with zero attached hydrogens (tertiary/aromatic N) is 2. The number of benzene rings is 2. The maximum Gasteiger partial charge on any atom is 0.243 e. The van der Waals surface area contributed by atoms with E-state index in [2.05, 4.69) is 5.10 Å². The Balaban J connectivity index is 1.92. The van der Waals surface area contributed by atoms with Gasteiger partial charge in [-0.25, -0.2) is 9.40 Å². The van der Waals surface area contributed by atoms with Crippen molar-refractivity contribution in [1.29, 1.82) is 0 Å². The normalized spacial score (nSPS) is 17.0. The zero-order valence-corrected chi connectivity index (χ0v) is 14.1. The average Bonchev–Trinajstić information content (AvgIpc) is 3.02. The van der Waals surface area contributed by atoms with Gasteiger partial charge in [0.15, 0.2) is 0 Å². The van der Waals surface area contributed by atoms with Crippen LogP contribution in [0, 0.1) is 5.82 Å². The molecular formula is C19H18ClFN2O. The van der Waals surface area contributed by atoms with Crippen LogP contribution in [0.25, 0.3) is 0 Å². The minimum atomic E-state index is -0.287. The third-order valence-electron chi connectivity index (χ3n) is 4.06. The van der Waals surface area contributed by atoms with Crippen LogP contribution in [0.2, 0.25) is 5.02 Å². The van der Waals surface area contributed by atoms with E-state index in [1.54, 1.807) is 17.1 Å². The smallest absolute Gasteiger partial charge is 0.243 e. The lowest BCUT2D eigenvalue weighted by Gasteiger charge is -2.22.